The van der Waals surface area contributed by atoms with Crippen LogP contribution < -0.4 is 0 Å². The Labute approximate surface area is 139 Å². The highest BCUT2D eigenvalue weighted by atomic mass is 32.2. The number of nitro benzene ring substituents is 1. The van der Waals surface area contributed by atoms with Gasteiger partial charge in [-0.2, -0.15) is 4.31 Å². The molecule has 0 N–H and O–H groups in total. The van der Waals surface area contributed by atoms with Gasteiger partial charge in [0, 0.05) is 12.1 Å². The summed E-state index contributed by atoms with van der Waals surface area (Å²) in [7, 11) is -4.21. The number of non-ortho nitro benzene ring substituents is 1. The number of rotatable bonds is 5. The molecule has 0 bridgehead atoms. The molecule has 0 saturated carbocycles. The van der Waals surface area contributed by atoms with E-state index in [9.17, 15) is 23.3 Å². The lowest BCUT2D eigenvalue weighted by molar-refractivity contribution is -0.384. The van der Waals surface area contributed by atoms with Gasteiger partial charge in [-0.1, -0.05) is 20.4 Å². The van der Waals surface area contributed by atoms with E-state index in [4.69, 9.17) is 4.74 Å². The summed E-state index contributed by atoms with van der Waals surface area (Å²) >= 11 is 0. The molecule has 2 atom stereocenters. The topological polar surface area (TPSA) is 107 Å². The lowest BCUT2D eigenvalue weighted by Gasteiger charge is -2.25. The van der Waals surface area contributed by atoms with Crippen LogP contribution in [0.1, 0.15) is 13.8 Å². The molecular weight excluding hydrogens is 336 g/mol. The quantitative estimate of drug-likeness (QED) is 0.458. The summed E-state index contributed by atoms with van der Waals surface area (Å²) in [4.78, 5) is 21.9. The van der Waals surface area contributed by atoms with Crippen molar-refractivity contribution in [1.82, 2.24) is 4.31 Å². The van der Waals surface area contributed by atoms with Crippen LogP contribution in [0, 0.1) is 16.0 Å². The zero-order valence-electron chi connectivity index (χ0n) is 13.1. The summed E-state index contributed by atoms with van der Waals surface area (Å²) in [6.45, 7) is 6.93. The highest BCUT2D eigenvalue weighted by Crippen LogP contribution is 2.32. The number of carbonyl (C=O) groups excluding carboxylic acids is 1. The summed E-state index contributed by atoms with van der Waals surface area (Å²) in [5.74, 6) is -0.223. The Kier molecular flexibility index (Phi) is 4.77. The van der Waals surface area contributed by atoms with Crippen molar-refractivity contribution < 1.29 is 22.9 Å². The Morgan fingerprint density at radius 3 is 2.42 bits per heavy atom. The molecule has 0 aromatic heterocycles. The fourth-order valence-corrected chi connectivity index (χ4v) is 4.13. The molecule has 1 saturated heterocycles. The largest absolute Gasteiger partial charge is 0.438 e. The van der Waals surface area contributed by atoms with Crippen molar-refractivity contribution in [2.24, 2.45) is 5.92 Å². The van der Waals surface area contributed by atoms with Gasteiger partial charge in [-0.3, -0.25) is 10.1 Å². The Bertz CT molecular complexity index is 809. The number of sulfonamides is 1. The Morgan fingerprint density at radius 1 is 1.38 bits per heavy atom. The molecule has 9 heteroatoms. The van der Waals surface area contributed by atoms with E-state index in [-0.39, 0.29) is 16.5 Å². The molecular formula is C15H16N2O6S. The first-order valence-electron chi connectivity index (χ1n) is 7.05. The SMILES string of the molecule is C=C=C[C@@H]1OC(=O)N(S(=O)(=O)c2ccc([N+](=O)[O-])cc2)[C@H]1C(C)C. The van der Waals surface area contributed by atoms with Crippen molar-refractivity contribution >= 4 is 21.8 Å². The number of hydrogen-bond donors (Lipinski definition) is 0. The second-order valence-electron chi connectivity index (χ2n) is 5.51. The first-order valence-corrected chi connectivity index (χ1v) is 8.49. The molecule has 1 aromatic carbocycles. The van der Waals surface area contributed by atoms with Crippen LogP contribution in [0.2, 0.25) is 0 Å². The lowest BCUT2D eigenvalue weighted by Crippen LogP contribution is -2.43. The van der Waals surface area contributed by atoms with Gasteiger partial charge in [0.05, 0.1) is 15.9 Å². The highest BCUT2D eigenvalue weighted by Gasteiger charge is 2.49. The number of benzene rings is 1. The summed E-state index contributed by atoms with van der Waals surface area (Å²) in [5.41, 5.74) is 2.25. The van der Waals surface area contributed by atoms with Gasteiger partial charge in [-0.25, -0.2) is 13.2 Å². The molecule has 0 unspecified atom stereocenters. The average Bonchev–Trinajstić information content (AvgIpc) is 2.85. The number of ether oxygens (including phenoxy) is 1. The number of cyclic esters (lactones) is 1. The van der Waals surface area contributed by atoms with Crippen molar-refractivity contribution in [2.75, 3.05) is 0 Å². The van der Waals surface area contributed by atoms with E-state index in [0.717, 1.165) is 24.3 Å². The molecule has 0 spiro atoms. The van der Waals surface area contributed by atoms with Crippen LogP contribution in [-0.4, -0.2) is 35.9 Å². The van der Waals surface area contributed by atoms with Crippen molar-refractivity contribution in [3.8, 4) is 0 Å². The van der Waals surface area contributed by atoms with Gasteiger partial charge < -0.3 is 4.74 Å². The van der Waals surface area contributed by atoms with Crippen LogP contribution in [0.4, 0.5) is 10.5 Å². The molecule has 1 aliphatic rings. The number of nitrogens with zero attached hydrogens (tertiary/aromatic N) is 2. The van der Waals surface area contributed by atoms with Gasteiger partial charge in [-0.15, -0.1) is 5.73 Å². The summed E-state index contributed by atoms with van der Waals surface area (Å²) in [5, 5.41) is 10.7. The lowest BCUT2D eigenvalue weighted by atomic mass is 9.99. The zero-order valence-corrected chi connectivity index (χ0v) is 13.9. The summed E-state index contributed by atoms with van der Waals surface area (Å²) < 4.78 is 31.4. The third-order valence-corrected chi connectivity index (χ3v) is 5.37. The summed E-state index contributed by atoms with van der Waals surface area (Å²) in [6.07, 6.45) is -0.389. The second-order valence-corrected chi connectivity index (χ2v) is 7.32. The van der Waals surface area contributed by atoms with Crippen LogP contribution in [0.25, 0.3) is 0 Å². The fourth-order valence-electron chi connectivity index (χ4n) is 2.50. The number of hydrogen-bond acceptors (Lipinski definition) is 6. The van der Waals surface area contributed by atoms with Crippen molar-refractivity contribution in [3.05, 3.63) is 52.8 Å². The minimum absolute atomic E-state index is 0.223. The number of amides is 1. The average molecular weight is 352 g/mol. The minimum Gasteiger partial charge on any atom is -0.438 e. The van der Waals surface area contributed by atoms with Gasteiger partial charge in [0.1, 0.15) is 0 Å². The Morgan fingerprint density at radius 2 is 1.96 bits per heavy atom. The van der Waals surface area contributed by atoms with Gasteiger partial charge in [0.2, 0.25) is 0 Å². The maximum Gasteiger partial charge on any atom is 0.424 e. The Hall–Kier alpha value is -2.64. The van der Waals surface area contributed by atoms with Crippen LogP contribution in [0.15, 0.2) is 47.5 Å². The molecule has 1 heterocycles. The normalized spacial score (nSPS) is 20.6. The number of nitro groups is 1. The highest BCUT2D eigenvalue weighted by molar-refractivity contribution is 7.89. The van der Waals surface area contributed by atoms with E-state index in [0.29, 0.717) is 4.31 Å². The first kappa shape index (κ1) is 17.7. The smallest absolute Gasteiger partial charge is 0.424 e. The minimum atomic E-state index is -4.21. The van der Waals surface area contributed by atoms with E-state index in [1.807, 2.05) is 0 Å². The molecule has 8 nitrogen and oxygen atoms in total. The molecule has 0 radical (unpaired) electrons. The maximum atomic E-state index is 12.8. The van der Waals surface area contributed by atoms with Crippen LogP contribution in [-0.2, 0) is 14.8 Å². The van der Waals surface area contributed by atoms with Crippen LogP contribution in [0.5, 0.6) is 0 Å². The predicted molar refractivity (Wildman–Crippen MR) is 84.7 cm³/mol. The van der Waals surface area contributed by atoms with Crippen LogP contribution >= 0.6 is 0 Å². The first-order chi connectivity index (χ1) is 11.2. The van der Waals surface area contributed by atoms with Gasteiger partial charge >= 0.3 is 6.09 Å². The third kappa shape index (κ3) is 3.04. The van der Waals surface area contributed by atoms with Crippen molar-refractivity contribution in [2.45, 2.75) is 30.9 Å². The molecule has 1 aromatic rings. The van der Waals surface area contributed by atoms with E-state index >= 15 is 0 Å². The maximum absolute atomic E-state index is 12.8. The van der Waals surface area contributed by atoms with E-state index < -0.39 is 33.2 Å². The zero-order chi connectivity index (χ0) is 18.1. The molecule has 1 amide bonds. The summed E-state index contributed by atoms with van der Waals surface area (Å²) in [6, 6.07) is 3.57. The third-order valence-electron chi connectivity index (χ3n) is 3.59. The van der Waals surface area contributed by atoms with Crippen molar-refractivity contribution in [3.63, 3.8) is 0 Å². The fraction of sp³-hybridized carbons (Fsp3) is 0.333. The second kappa shape index (κ2) is 6.46. The Balaban J connectivity index is 2.48. The molecule has 24 heavy (non-hydrogen) atoms. The monoisotopic (exact) mass is 352 g/mol. The standard InChI is InChI=1S/C15H16N2O6S/c1-4-5-13-14(10(2)3)16(15(18)23-13)24(21,22)12-8-6-11(7-9-12)17(19)20/h5-10,13-14H,1H2,2-3H3/t13-,14-/m0/s1. The molecule has 0 aliphatic carbocycles. The molecule has 128 valence electrons. The van der Waals surface area contributed by atoms with Gasteiger partial charge in [-0.05, 0) is 24.1 Å². The molecule has 2 rings (SSSR count). The number of carbonyl (C=O) groups is 1. The van der Waals surface area contributed by atoms with Crippen molar-refractivity contribution in [1.29, 1.82) is 0 Å². The van der Waals surface area contributed by atoms with E-state index in [1.54, 1.807) is 13.8 Å². The predicted octanol–water partition coefficient (Wildman–Crippen LogP) is 2.47. The van der Waals surface area contributed by atoms with Gasteiger partial charge in [0.25, 0.3) is 15.7 Å². The molecule has 1 fully saturated rings. The van der Waals surface area contributed by atoms with E-state index in [2.05, 4.69) is 12.3 Å². The van der Waals surface area contributed by atoms with Crippen LogP contribution in [0.3, 0.4) is 0 Å². The van der Waals surface area contributed by atoms with Gasteiger partial charge in [0.15, 0.2) is 6.10 Å². The molecule has 1 aliphatic heterocycles. The van der Waals surface area contributed by atoms with E-state index in [1.165, 1.54) is 6.08 Å².